The maximum Gasteiger partial charge on any atom is 0.338 e. The van der Waals surface area contributed by atoms with Crippen molar-refractivity contribution in [3.8, 4) is 5.75 Å². The summed E-state index contributed by atoms with van der Waals surface area (Å²) in [6, 6.07) is 17.5. The highest BCUT2D eigenvalue weighted by Gasteiger charge is 2.46. The van der Waals surface area contributed by atoms with E-state index in [1.807, 2.05) is 0 Å². The van der Waals surface area contributed by atoms with Crippen LogP contribution in [0.25, 0.3) is 5.76 Å². The number of esters is 1. The molecule has 35 heavy (non-hydrogen) atoms. The number of methoxy groups -OCH3 is 1. The van der Waals surface area contributed by atoms with E-state index in [1.165, 1.54) is 12.0 Å². The summed E-state index contributed by atoms with van der Waals surface area (Å²) in [5.74, 6) is -1.67. The Hall–Kier alpha value is -4.46. The minimum Gasteiger partial charge on any atom is -0.507 e. The summed E-state index contributed by atoms with van der Waals surface area (Å²) in [6.07, 6.45) is 1.57. The van der Waals surface area contributed by atoms with Crippen molar-refractivity contribution >= 4 is 23.4 Å². The predicted molar refractivity (Wildman–Crippen MR) is 127 cm³/mol. The minimum absolute atomic E-state index is 0.0398. The fraction of sp³-hybridized carbons (Fsp3) is 0.185. The molecule has 4 rings (SSSR count). The lowest BCUT2D eigenvalue weighted by Crippen LogP contribution is -2.29. The van der Waals surface area contributed by atoms with Crippen LogP contribution in [0, 0.1) is 0 Å². The van der Waals surface area contributed by atoms with Crippen LogP contribution in [0.5, 0.6) is 5.75 Å². The van der Waals surface area contributed by atoms with Crippen molar-refractivity contribution < 1.29 is 29.0 Å². The second-order valence-electron chi connectivity index (χ2n) is 7.83. The Morgan fingerprint density at radius 2 is 1.69 bits per heavy atom. The number of carbonyl (C=O) groups excluding carboxylic acids is 3. The number of aliphatic hydroxyl groups is 1. The van der Waals surface area contributed by atoms with Crippen LogP contribution in [0.2, 0.25) is 0 Å². The van der Waals surface area contributed by atoms with Crippen molar-refractivity contribution in [1.29, 1.82) is 0 Å². The number of ether oxygens (including phenoxy) is 2. The molecule has 2 heterocycles. The molecule has 8 heteroatoms. The highest BCUT2D eigenvalue weighted by molar-refractivity contribution is 6.46. The first-order valence-corrected chi connectivity index (χ1v) is 11.0. The zero-order valence-corrected chi connectivity index (χ0v) is 19.3. The Balaban J connectivity index is 1.73. The van der Waals surface area contributed by atoms with Crippen LogP contribution < -0.4 is 4.74 Å². The maximum absolute atomic E-state index is 13.1. The Bertz CT molecular complexity index is 1270. The normalized spacial score (nSPS) is 16.9. The van der Waals surface area contributed by atoms with Gasteiger partial charge in [-0.2, -0.15) is 0 Å². The molecular weight excluding hydrogens is 448 g/mol. The summed E-state index contributed by atoms with van der Waals surface area (Å²) in [7, 11) is 1.53. The number of pyridine rings is 1. The summed E-state index contributed by atoms with van der Waals surface area (Å²) < 4.78 is 10.2. The largest absolute Gasteiger partial charge is 0.507 e. The summed E-state index contributed by atoms with van der Waals surface area (Å²) in [5, 5.41) is 11.1. The first-order chi connectivity index (χ1) is 16.9. The molecule has 1 aliphatic rings. The van der Waals surface area contributed by atoms with E-state index in [2.05, 4.69) is 4.98 Å². The van der Waals surface area contributed by atoms with Gasteiger partial charge in [-0.1, -0.05) is 18.2 Å². The molecule has 1 aromatic heterocycles. The fourth-order valence-electron chi connectivity index (χ4n) is 3.95. The Kier molecular flexibility index (Phi) is 6.91. The Morgan fingerprint density at radius 3 is 2.29 bits per heavy atom. The van der Waals surface area contributed by atoms with Gasteiger partial charge in [0, 0.05) is 18.3 Å². The van der Waals surface area contributed by atoms with Crippen molar-refractivity contribution in [3.63, 3.8) is 0 Å². The number of amides is 1. The molecule has 2 aromatic carbocycles. The third-order valence-electron chi connectivity index (χ3n) is 5.69. The zero-order valence-electron chi connectivity index (χ0n) is 19.3. The van der Waals surface area contributed by atoms with Crippen LogP contribution in [-0.2, 0) is 20.9 Å². The summed E-state index contributed by atoms with van der Waals surface area (Å²) in [5.41, 5.74) is 1.87. The number of Topliss-reactive ketones (excluding diaryl/α,β-unsaturated/α-hetero) is 1. The molecule has 1 N–H and O–H groups in total. The van der Waals surface area contributed by atoms with Crippen LogP contribution in [0.4, 0.5) is 0 Å². The van der Waals surface area contributed by atoms with Crippen molar-refractivity contribution in [2.24, 2.45) is 0 Å². The molecule has 1 aliphatic heterocycles. The average Bonchev–Trinajstić information content (AvgIpc) is 3.14. The van der Waals surface area contributed by atoms with E-state index in [1.54, 1.807) is 79.9 Å². The average molecular weight is 472 g/mol. The summed E-state index contributed by atoms with van der Waals surface area (Å²) >= 11 is 0. The van der Waals surface area contributed by atoms with Gasteiger partial charge in [0.05, 0.1) is 30.5 Å². The van der Waals surface area contributed by atoms with Crippen LogP contribution in [-0.4, -0.2) is 46.4 Å². The van der Waals surface area contributed by atoms with Gasteiger partial charge in [0.1, 0.15) is 17.6 Å². The zero-order chi connectivity index (χ0) is 24.9. The third kappa shape index (κ3) is 4.77. The number of likely N-dealkylation sites (tertiary alicyclic amines) is 1. The van der Waals surface area contributed by atoms with E-state index >= 15 is 0 Å². The summed E-state index contributed by atoms with van der Waals surface area (Å²) in [4.78, 5) is 43.9. The van der Waals surface area contributed by atoms with E-state index in [0.717, 1.165) is 0 Å². The van der Waals surface area contributed by atoms with Crippen LogP contribution in [0.1, 0.15) is 40.1 Å². The Morgan fingerprint density at radius 1 is 1.00 bits per heavy atom. The van der Waals surface area contributed by atoms with E-state index in [0.29, 0.717) is 28.1 Å². The van der Waals surface area contributed by atoms with Crippen molar-refractivity contribution in [2.75, 3.05) is 13.7 Å². The molecule has 3 aromatic rings. The van der Waals surface area contributed by atoms with Gasteiger partial charge in [-0.25, -0.2) is 4.79 Å². The number of aromatic nitrogens is 1. The van der Waals surface area contributed by atoms with Gasteiger partial charge in [-0.15, -0.1) is 0 Å². The second-order valence-corrected chi connectivity index (χ2v) is 7.83. The first-order valence-electron chi connectivity index (χ1n) is 11.0. The number of hydrogen-bond acceptors (Lipinski definition) is 7. The second kappa shape index (κ2) is 10.2. The topological polar surface area (TPSA) is 106 Å². The molecular formula is C27H24N2O6. The van der Waals surface area contributed by atoms with Gasteiger partial charge in [-0.05, 0) is 61.0 Å². The predicted octanol–water partition coefficient (Wildman–Crippen LogP) is 3.89. The number of hydrogen-bond donors (Lipinski definition) is 1. The number of carbonyl (C=O) groups is 3. The van der Waals surface area contributed by atoms with Crippen LogP contribution in [0.3, 0.4) is 0 Å². The number of benzene rings is 2. The van der Waals surface area contributed by atoms with Crippen LogP contribution >= 0.6 is 0 Å². The van der Waals surface area contributed by atoms with Gasteiger partial charge in [0.25, 0.3) is 11.7 Å². The molecule has 8 nitrogen and oxygen atoms in total. The number of ketones is 1. The Labute approximate surface area is 202 Å². The van der Waals surface area contributed by atoms with E-state index < -0.39 is 23.7 Å². The lowest BCUT2D eigenvalue weighted by molar-refractivity contribution is -0.140. The van der Waals surface area contributed by atoms with Gasteiger partial charge in [-0.3, -0.25) is 14.6 Å². The lowest BCUT2D eigenvalue weighted by Gasteiger charge is -2.24. The monoisotopic (exact) mass is 472 g/mol. The molecule has 1 saturated heterocycles. The number of nitrogens with zero attached hydrogens (tertiary/aromatic N) is 2. The van der Waals surface area contributed by atoms with E-state index in [-0.39, 0.29) is 24.5 Å². The molecule has 0 aliphatic carbocycles. The molecule has 0 saturated carbocycles. The number of rotatable bonds is 7. The smallest absolute Gasteiger partial charge is 0.338 e. The van der Waals surface area contributed by atoms with Crippen molar-refractivity contribution in [1.82, 2.24) is 9.88 Å². The SMILES string of the molecule is CCOC(=O)c1ccc(CN2C(=O)C(=O)/C(=C(/O)c3ccc(OC)cc3)C2c2ccccn2)cc1. The molecule has 1 atom stereocenters. The molecule has 1 fully saturated rings. The molecule has 0 bridgehead atoms. The highest BCUT2D eigenvalue weighted by Crippen LogP contribution is 2.39. The lowest BCUT2D eigenvalue weighted by atomic mass is 9.98. The van der Waals surface area contributed by atoms with Gasteiger partial charge in [0.2, 0.25) is 0 Å². The maximum atomic E-state index is 13.1. The highest BCUT2D eigenvalue weighted by atomic mass is 16.5. The molecule has 1 unspecified atom stereocenters. The molecule has 178 valence electrons. The van der Waals surface area contributed by atoms with Gasteiger partial charge < -0.3 is 19.5 Å². The third-order valence-corrected chi connectivity index (χ3v) is 5.69. The van der Waals surface area contributed by atoms with Crippen molar-refractivity contribution in [3.05, 3.63) is 101 Å². The fourth-order valence-corrected chi connectivity index (χ4v) is 3.95. The molecule has 0 spiro atoms. The van der Waals surface area contributed by atoms with E-state index in [4.69, 9.17) is 9.47 Å². The standard InChI is InChI=1S/C27H24N2O6/c1-3-35-27(33)19-9-7-17(8-10-19)16-29-23(21-6-4-5-15-28-21)22(25(31)26(29)32)24(30)18-11-13-20(34-2)14-12-18/h4-15,23,30H,3,16H2,1-2H3/b24-22+. The summed E-state index contributed by atoms with van der Waals surface area (Å²) in [6.45, 7) is 2.07. The van der Waals surface area contributed by atoms with E-state index in [9.17, 15) is 19.5 Å². The first kappa shape index (κ1) is 23.7. The quantitative estimate of drug-likeness (QED) is 0.241. The van der Waals surface area contributed by atoms with Crippen molar-refractivity contribution in [2.45, 2.75) is 19.5 Å². The van der Waals surface area contributed by atoms with Gasteiger partial charge >= 0.3 is 5.97 Å². The molecule has 1 amide bonds. The molecule has 0 radical (unpaired) electrons. The van der Waals surface area contributed by atoms with Crippen LogP contribution in [0.15, 0.2) is 78.5 Å². The minimum atomic E-state index is -0.886. The van der Waals surface area contributed by atoms with Gasteiger partial charge in [0.15, 0.2) is 0 Å². The number of aliphatic hydroxyl groups excluding tert-OH is 1.